The molecule has 3 heterocycles. The van der Waals surface area contributed by atoms with Gasteiger partial charge in [-0.1, -0.05) is 0 Å². The van der Waals surface area contributed by atoms with E-state index >= 15 is 0 Å². The topological polar surface area (TPSA) is 86.8 Å². The number of nitrogens with zero attached hydrogens (tertiary/aromatic N) is 4. The molecule has 0 spiro atoms. The quantitative estimate of drug-likeness (QED) is 0.828. The van der Waals surface area contributed by atoms with E-state index in [0.717, 1.165) is 37.3 Å². The molecule has 7 nitrogen and oxygen atoms in total. The Morgan fingerprint density at radius 2 is 2.19 bits per heavy atom. The first-order valence-electron chi connectivity index (χ1n) is 6.98. The number of piperidine rings is 1. The second-order valence-corrected chi connectivity index (χ2v) is 5.84. The van der Waals surface area contributed by atoms with Crippen molar-refractivity contribution < 1.29 is 4.79 Å². The van der Waals surface area contributed by atoms with Crippen molar-refractivity contribution >= 4 is 34.5 Å². The van der Waals surface area contributed by atoms with Crippen LogP contribution in [0.2, 0.25) is 0 Å². The summed E-state index contributed by atoms with van der Waals surface area (Å²) in [6.07, 6.45) is 4.89. The van der Waals surface area contributed by atoms with E-state index < -0.39 is 5.38 Å². The minimum absolute atomic E-state index is 0.104. The second kappa shape index (κ2) is 5.85. The van der Waals surface area contributed by atoms with Crippen molar-refractivity contribution in [2.75, 3.05) is 18.0 Å². The van der Waals surface area contributed by atoms with E-state index in [2.05, 4.69) is 30.2 Å². The molecule has 0 bridgehead atoms. The Bertz CT molecular complexity index is 634. The minimum atomic E-state index is -0.491. The van der Waals surface area contributed by atoms with Crippen molar-refractivity contribution in [3.8, 4) is 0 Å². The van der Waals surface area contributed by atoms with Gasteiger partial charge in [0, 0.05) is 19.1 Å². The van der Waals surface area contributed by atoms with E-state index in [0.29, 0.717) is 5.65 Å². The Morgan fingerprint density at radius 1 is 1.43 bits per heavy atom. The Labute approximate surface area is 127 Å². The Hall–Kier alpha value is -1.89. The lowest BCUT2D eigenvalue weighted by Crippen LogP contribution is -2.46. The van der Waals surface area contributed by atoms with Crippen LogP contribution in [-0.2, 0) is 4.79 Å². The van der Waals surface area contributed by atoms with E-state index in [-0.39, 0.29) is 11.9 Å². The normalized spacial score (nSPS) is 17.9. The minimum Gasteiger partial charge on any atom is -0.355 e. The van der Waals surface area contributed by atoms with Crippen LogP contribution in [0.3, 0.4) is 0 Å². The molecule has 0 aromatic carbocycles. The lowest BCUT2D eigenvalue weighted by atomic mass is 10.0. The number of nitrogens with one attached hydrogen (secondary N) is 2. The molecule has 3 rings (SSSR count). The van der Waals surface area contributed by atoms with Crippen LogP contribution in [0.5, 0.6) is 0 Å². The van der Waals surface area contributed by atoms with Gasteiger partial charge in [-0.25, -0.2) is 15.0 Å². The first kappa shape index (κ1) is 14.1. The number of aromatic nitrogens is 4. The molecule has 21 heavy (non-hydrogen) atoms. The average molecular weight is 309 g/mol. The summed E-state index contributed by atoms with van der Waals surface area (Å²) in [6.45, 7) is 3.33. The zero-order valence-electron chi connectivity index (χ0n) is 11.7. The lowest BCUT2D eigenvalue weighted by molar-refractivity contribution is -0.121. The molecule has 1 aliphatic heterocycles. The Balaban J connectivity index is 1.66. The molecule has 2 aromatic heterocycles. The maximum atomic E-state index is 11.6. The zero-order valence-corrected chi connectivity index (χ0v) is 12.5. The van der Waals surface area contributed by atoms with Crippen molar-refractivity contribution in [1.82, 2.24) is 25.3 Å². The largest absolute Gasteiger partial charge is 0.355 e. The standard InChI is InChI=1S/C13H17ClN6O/c1-8(14)13(21)19-9-2-4-20(5-3-9)12-10-11(16-6-15-10)17-7-18-12/h6-9H,2-5H2,1H3,(H,19,21)(H,15,16,17,18). The Kier molecular flexibility index (Phi) is 3.92. The third kappa shape index (κ3) is 2.92. The number of fused-ring (bicyclic) bond motifs is 1. The highest BCUT2D eigenvalue weighted by Crippen LogP contribution is 2.23. The van der Waals surface area contributed by atoms with Gasteiger partial charge in [0.1, 0.15) is 17.2 Å². The summed E-state index contributed by atoms with van der Waals surface area (Å²) < 4.78 is 0. The molecule has 2 aromatic rings. The first-order chi connectivity index (χ1) is 10.1. The molecule has 2 N–H and O–H groups in total. The SMILES string of the molecule is CC(Cl)C(=O)NC1CCN(c2ncnc3nc[nH]c23)CC1. The number of hydrogen-bond donors (Lipinski definition) is 2. The number of carbonyl (C=O) groups excluding carboxylic acids is 1. The molecule has 0 aliphatic carbocycles. The van der Waals surface area contributed by atoms with Crippen LogP contribution >= 0.6 is 11.6 Å². The van der Waals surface area contributed by atoms with Gasteiger partial charge in [-0.3, -0.25) is 4.79 Å². The number of H-pyrrole nitrogens is 1. The third-order valence-corrected chi connectivity index (χ3v) is 3.90. The van der Waals surface area contributed by atoms with Crippen molar-refractivity contribution in [2.45, 2.75) is 31.2 Å². The van der Waals surface area contributed by atoms with Crippen LogP contribution in [0.1, 0.15) is 19.8 Å². The molecule has 0 saturated carbocycles. The van der Waals surface area contributed by atoms with Crippen LogP contribution in [0.25, 0.3) is 11.2 Å². The van der Waals surface area contributed by atoms with Gasteiger partial charge >= 0.3 is 0 Å². The molecule has 8 heteroatoms. The Morgan fingerprint density at radius 3 is 2.90 bits per heavy atom. The fraction of sp³-hybridized carbons (Fsp3) is 0.538. The summed E-state index contributed by atoms with van der Waals surface area (Å²) in [5, 5.41) is 2.48. The van der Waals surface area contributed by atoms with Crippen molar-refractivity contribution in [1.29, 1.82) is 0 Å². The smallest absolute Gasteiger partial charge is 0.237 e. The van der Waals surface area contributed by atoms with Gasteiger partial charge in [-0.05, 0) is 19.8 Å². The summed E-state index contributed by atoms with van der Waals surface area (Å²) in [5.74, 6) is 0.765. The van der Waals surface area contributed by atoms with Gasteiger partial charge in [0.05, 0.1) is 6.33 Å². The molecule has 1 atom stereocenters. The molecule has 1 fully saturated rings. The highest BCUT2D eigenvalue weighted by Gasteiger charge is 2.24. The summed E-state index contributed by atoms with van der Waals surface area (Å²) in [7, 11) is 0. The maximum absolute atomic E-state index is 11.6. The van der Waals surface area contributed by atoms with Crippen LogP contribution in [0.15, 0.2) is 12.7 Å². The number of halogens is 1. The van der Waals surface area contributed by atoms with Crippen LogP contribution in [0, 0.1) is 0 Å². The van der Waals surface area contributed by atoms with Gasteiger partial charge in [0.25, 0.3) is 0 Å². The monoisotopic (exact) mass is 308 g/mol. The number of anilines is 1. The molecule has 1 aliphatic rings. The van der Waals surface area contributed by atoms with E-state index in [1.807, 2.05) is 0 Å². The summed E-state index contributed by atoms with van der Waals surface area (Å²) in [6, 6.07) is 0.175. The number of alkyl halides is 1. The van der Waals surface area contributed by atoms with Crippen LogP contribution in [-0.4, -0.2) is 50.4 Å². The van der Waals surface area contributed by atoms with Gasteiger partial charge in [0.15, 0.2) is 11.5 Å². The number of hydrogen-bond acceptors (Lipinski definition) is 5. The highest BCUT2D eigenvalue weighted by molar-refractivity contribution is 6.30. The van der Waals surface area contributed by atoms with Crippen molar-refractivity contribution in [3.05, 3.63) is 12.7 Å². The average Bonchev–Trinajstić information content (AvgIpc) is 2.96. The van der Waals surface area contributed by atoms with Gasteiger partial charge < -0.3 is 15.2 Å². The summed E-state index contributed by atoms with van der Waals surface area (Å²) >= 11 is 5.77. The fourth-order valence-electron chi connectivity index (χ4n) is 2.54. The zero-order chi connectivity index (χ0) is 14.8. The summed E-state index contributed by atoms with van der Waals surface area (Å²) in [4.78, 5) is 29.5. The van der Waals surface area contributed by atoms with E-state index in [4.69, 9.17) is 11.6 Å². The van der Waals surface area contributed by atoms with E-state index in [1.54, 1.807) is 13.3 Å². The highest BCUT2D eigenvalue weighted by atomic mass is 35.5. The lowest BCUT2D eigenvalue weighted by Gasteiger charge is -2.33. The first-order valence-corrected chi connectivity index (χ1v) is 7.42. The van der Waals surface area contributed by atoms with Crippen LogP contribution < -0.4 is 10.2 Å². The number of amides is 1. The van der Waals surface area contributed by atoms with Gasteiger partial charge in [-0.15, -0.1) is 11.6 Å². The number of rotatable bonds is 3. The molecule has 1 unspecified atom stereocenters. The molecule has 112 valence electrons. The molecular weight excluding hydrogens is 292 g/mol. The van der Waals surface area contributed by atoms with E-state index in [9.17, 15) is 4.79 Å². The van der Waals surface area contributed by atoms with E-state index in [1.165, 1.54) is 6.33 Å². The second-order valence-electron chi connectivity index (χ2n) is 5.18. The molecule has 0 radical (unpaired) electrons. The maximum Gasteiger partial charge on any atom is 0.237 e. The van der Waals surface area contributed by atoms with Crippen LogP contribution in [0.4, 0.5) is 5.82 Å². The van der Waals surface area contributed by atoms with Crippen molar-refractivity contribution in [3.63, 3.8) is 0 Å². The van der Waals surface area contributed by atoms with Crippen molar-refractivity contribution in [2.24, 2.45) is 0 Å². The molecular formula is C13H17ClN6O. The number of carbonyl (C=O) groups is 1. The summed E-state index contributed by atoms with van der Waals surface area (Å²) in [5.41, 5.74) is 1.53. The molecule has 1 amide bonds. The predicted molar refractivity (Wildman–Crippen MR) is 80.4 cm³/mol. The number of imidazole rings is 1. The van der Waals surface area contributed by atoms with Gasteiger partial charge in [0.2, 0.25) is 5.91 Å². The molecule has 1 saturated heterocycles. The number of aromatic amines is 1. The predicted octanol–water partition coefficient (Wildman–Crippen LogP) is 1.07. The van der Waals surface area contributed by atoms with Gasteiger partial charge in [-0.2, -0.15) is 0 Å². The third-order valence-electron chi connectivity index (χ3n) is 3.71. The fourth-order valence-corrected chi connectivity index (χ4v) is 2.61.